The van der Waals surface area contributed by atoms with Crippen molar-refractivity contribution in [1.82, 2.24) is 19.5 Å². The highest BCUT2D eigenvalue weighted by atomic mass is 19.1. The number of ether oxygens (including phenoxy) is 3. The summed E-state index contributed by atoms with van der Waals surface area (Å²) in [6.45, 7) is 2.93. The number of aromatic nitrogens is 4. The van der Waals surface area contributed by atoms with Gasteiger partial charge in [0, 0.05) is 6.07 Å². The molecule has 3 aromatic rings. The van der Waals surface area contributed by atoms with Crippen LogP contribution in [-0.2, 0) is 17.9 Å². The molecule has 0 spiro atoms. The molecule has 0 N–H and O–H groups in total. The summed E-state index contributed by atoms with van der Waals surface area (Å²) in [4.78, 5) is 26.0. The van der Waals surface area contributed by atoms with E-state index in [9.17, 15) is 13.6 Å². The van der Waals surface area contributed by atoms with Gasteiger partial charge in [0.25, 0.3) is 0 Å². The minimum atomic E-state index is -0.904. The average Bonchev–Trinajstić information content (AvgIpc) is 3.33. The zero-order valence-corrected chi connectivity index (χ0v) is 16.4. The predicted octanol–water partition coefficient (Wildman–Crippen LogP) is 2.17. The molecule has 9 nitrogen and oxygen atoms in total. The molecule has 2 aromatic heterocycles. The fourth-order valence-corrected chi connectivity index (χ4v) is 3.56. The average molecular weight is 429 g/mol. The van der Waals surface area contributed by atoms with Gasteiger partial charge in [-0.2, -0.15) is 4.98 Å². The molecule has 0 radical (unpaired) electrons. The van der Waals surface area contributed by atoms with Gasteiger partial charge in [0.05, 0.1) is 31.6 Å². The van der Waals surface area contributed by atoms with E-state index in [2.05, 4.69) is 15.0 Å². The van der Waals surface area contributed by atoms with Crippen LogP contribution in [0.3, 0.4) is 0 Å². The Balaban J connectivity index is 1.32. The second-order valence-electron chi connectivity index (χ2n) is 7.21. The van der Waals surface area contributed by atoms with Crippen LogP contribution in [0.15, 0.2) is 35.4 Å². The predicted molar refractivity (Wildman–Crippen MR) is 103 cm³/mol. The van der Waals surface area contributed by atoms with Gasteiger partial charge >= 0.3 is 5.69 Å². The monoisotopic (exact) mass is 429 g/mol. The third-order valence-corrected chi connectivity index (χ3v) is 5.06. The van der Waals surface area contributed by atoms with Crippen LogP contribution in [0.1, 0.15) is 11.4 Å². The lowest BCUT2D eigenvalue weighted by atomic mass is 10.2. The minimum absolute atomic E-state index is 0.0711. The van der Waals surface area contributed by atoms with E-state index in [1.165, 1.54) is 12.4 Å². The molecule has 1 saturated heterocycles. The summed E-state index contributed by atoms with van der Waals surface area (Å²) in [5.74, 6) is -1.03. The van der Waals surface area contributed by atoms with Crippen molar-refractivity contribution < 1.29 is 23.0 Å². The van der Waals surface area contributed by atoms with Crippen LogP contribution in [-0.4, -0.2) is 38.9 Å². The summed E-state index contributed by atoms with van der Waals surface area (Å²) < 4.78 is 46.6. The molecule has 2 aliphatic heterocycles. The number of rotatable bonds is 5. The van der Waals surface area contributed by atoms with Crippen LogP contribution < -0.4 is 20.1 Å². The first-order chi connectivity index (χ1) is 15.0. The number of hydrogen-bond acceptors (Lipinski definition) is 8. The number of aryl methyl sites for hydroxylation is 1. The number of nitrogens with zero attached hydrogens (tertiary/aromatic N) is 5. The van der Waals surface area contributed by atoms with Crippen molar-refractivity contribution in [3.05, 3.63) is 64.1 Å². The number of hydrogen-bond donors (Lipinski definition) is 0. The molecule has 31 heavy (non-hydrogen) atoms. The summed E-state index contributed by atoms with van der Waals surface area (Å²) in [5, 5.41) is 0. The Morgan fingerprint density at radius 3 is 2.68 bits per heavy atom. The van der Waals surface area contributed by atoms with E-state index in [4.69, 9.17) is 14.2 Å². The third kappa shape index (κ3) is 3.67. The molecule has 1 fully saturated rings. The van der Waals surface area contributed by atoms with E-state index in [-0.39, 0.29) is 29.8 Å². The number of fused-ring (bicyclic) bond motifs is 3. The summed E-state index contributed by atoms with van der Waals surface area (Å²) >= 11 is 0. The van der Waals surface area contributed by atoms with E-state index in [1.807, 2.05) is 4.90 Å². The maximum Gasteiger partial charge on any atom is 0.352 e. The molecular formula is C20H17F2N5O4. The zero-order chi connectivity index (χ0) is 21.5. The first-order valence-electron chi connectivity index (χ1n) is 9.51. The third-order valence-electron chi connectivity index (χ3n) is 5.06. The van der Waals surface area contributed by atoms with Gasteiger partial charge in [0.2, 0.25) is 5.88 Å². The van der Waals surface area contributed by atoms with Crippen molar-refractivity contribution in [1.29, 1.82) is 0 Å². The van der Waals surface area contributed by atoms with Crippen molar-refractivity contribution in [2.75, 3.05) is 18.2 Å². The summed E-state index contributed by atoms with van der Waals surface area (Å²) in [5.41, 5.74) is -0.226. The van der Waals surface area contributed by atoms with Gasteiger partial charge in [0.1, 0.15) is 25.0 Å². The minimum Gasteiger partial charge on any atom is -0.473 e. The van der Waals surface area contributed by atoms with Gasteiger partial charge in [0.15, 0.2) is 23.1 Å². The van der Waals surface area contributed by atoms with Gasteiger partial charge in [-0.3, -0.25) is 4.57 Å². The maximum atomic E-state index is 14.4. The molecule has 0 saturated carbocycles. The number of anilines is 1. The molecule has 4 heterocycles. The molecule has 0 amide bonds. The van der Waals surface area contributed by atoms with Crippen LogP contribution in [0, 0.1) is 18.6 Å². The Kier molecular flexibility index (Phi) is 4.74. The van der Waals surface area contributed by atoms with Crippen molar-refractivity contribution in [2.45, 2.75) is 26.1 Å². The summed E-state index contributed by atoms with van der Waals surface area (Å²) in [6, 6.07) is 3.91. The molecule has 5 rings (SSSR count). The Bertz CT molecular complexity index is 1180. The molecule has 2 aliphatic rings. The Morgan fingerprint density at radius 1 is 1.19 bits per heavy atom. The highest BCUT2D eigenvalue weighted by molar-refractivity contribution is 5.47. The summed E-state index contributed by atoms with van der Waals surface area (Å²) in [6.07, 6.45) is 2.65. The van der Waals surface area contributed by atoms with E-state index in [1.54, 1.807) is 17.6 Å². The normalized spacial score (nSPS) is 16.9. The van der Waals surface area contributed by atoms with E-state index < -0.39 is 23.1 Å². The van der Waals surface area contributed by atoms with Crippen LogP contribution in [0.25, 0.3) is 0 Å². The largest absolute Gasteiger partial charge is 0.473 e. The van der Waals surface area contributed by atoms with Gasteiger partial charge < -0.3 is 19.1 Å². The Morgan fingerprint density at radius 2 is 1.94 bits per heavy atom. The Hall–Kier alpha value is -3.60. The van der Waals surface area contributed by atoms with Gasteiger partial charge in [-0.05, 0) is 24.6 Å². The smallest absolute Gasteiger partial charge is 0.352 e. The van der Waals surface area contributed by atoms with Crippen LogP contribution in [0.2, 0.25) is 0 Å². The molecule has 1 atom stereocenters. The lowest BCUT2D eigenvalue weighted by Gasteiger charge is -2.15. The Labute approximate surface area is 174 Å². The first-order valence-corrected chi connectivity index (χ1v) is 9.51. The molecule has 11 heteroatoms. The standard InChI is InChI=1S/C20H17F2N5O4/c1-11-23-5-14(6-24-11)31-19-15(21)2-12(3-16(19)22)8-30-17-4-18-26(20(28)25-17)7-13-9-29-10-27(13)18/h2-6,13H,7-10H2,1H3/t13-/m1/s1. The van der Waals surface area contributed by atoms with E-state index in [0.717, 1.165) is 12.1 Å². The fraction of sp³-hybridized carbons (Fsp3) is 0.300. The molecule has 0 bridgehead atoms. The first kappa shape index (κ1) is 19.4. The van der Waals surface area contributed by atoms with Gasteiger partial charge in [-0.15, -0.1) is 0 Å². The highest BCUT2D eigenvalue weighted by Crippen LogP contribution is 2.31. The molecular weight excluding hydrogens is 412 g/mol. The molecule has 0 unspecified atom stereocenters. The van der Waals surface area contributed by atoms with Crippen molar-refractivity contribution in [3.8, 4) is 17.4 Å². The van der Waals surface area contributed by atoms with Crippen molar-refractivity contribution in [2.24, 2.45) is 0 Å². The lowest BCUT2D eigenvalue weighted by molar-refractivity contribution is 0.189. The number of benzene rings is 1. The van der Waals surface area contributed by atoms with Crippen molar-refractivity contribution >= 4 is 5.82 Å². The quantitative estimate of drug-likeness (QED) is 0.610. The molecule has 160 valence electrons. The SMILES string of the molecule is Cc1ncc(Oc2c(F)cc(COc3cc4n(c(=O)n3)C[C@@H]3COCN43)cc2F)cn1. The van der Waals surface area contributed by atoms with Crippen molar-refractivity contribution in [3.63, 3.8) is 0 Å². The number of halogens is 2. The zero-order valence-electron chi connectivity index (χ0n) is 16.4. The highest BCUT2D eigenvalue weighted by Gasteiger charge is 2.35. The lowest BCUT2D eigenvalue weighted by Crippen LogP contribution is -2.26. The van der Waals surface area contributed by atoms with E-state index >= 15 is 0 Å². The summed E-state index contributed by atoms with van der Waals surface area (Å²) in [7, 11) is 0. The fourth-order valence-electron chi connectivity index (χ4n) is 3.56. The van der Waals surface area contributed by atoms with Crippen LogP contribution >= 0.6 is 0 Å². The topological polar surface area (TPSA) is 91.6 Å². The maximum absolute atomic E-state index is 14.4. The van der Waals surface area contributed by atoms with Crippen LogP contribution in [0.4, 0.5) is 14.6 Å². The molecule has 1 aromatic carbocycles. The van der Waals surface area contributed by atoms with Gasteiger partial charge in [-0.1, -0.05) is 0 Å². The molecule has 0 aliphatic carbocycles. The second-order valence-corrected chi connectivity index (χ2v) is 7.21. The van der Waals surface area contributed by atoms with E-state index in [0.29, 0.717) is 31.5 Å². The second kappa shape index (κ2) is 7.58. The van der Waals surface area contributed by atoms with Gasteiger partial charge in [-0.25, -0.2) is 23.5 Å². The van der Waals surface area contributed by atoms with Crippen LogP contribution in [0.5, 0.6) is 17.4 Å².